The molecule has 0 aliphatic rings. The number of nitrogens with zero attached hydrogens (tertiary/aromatic N) is 4. The predicted molar refractivity (Wildman–Crippen MR) is 114 cm³/mol. The molecule has 136 valence electrons. The Morgan fingerprint density at radius 2 is 1.82 bits per heavy atom. The van der Waals surface area contributed by atoms with E-state index < -0.39 is 0 Å². The van der Waals surface area contributed by atoms with Crippen molar-refractivity contribution >= 4 is 33.3 Å². The number of rotatable bonds is 3. The van der Waals surface area contributed by atoms with Gasteiger partial charge in [0.05, 0.1) is 22.9 Å². The molecule has 2 aromatic carbocycles. The maximum Gasteiger partial charge on any atom is 0.0966 e. The van der Waals surface area contributed by atoms with Crippen LogP contribution in [0.15, 0.2) is 73.4 Å². The Balaban J connectivity index is 1.70. The quantitative estimate of drug-likeness (QED) is 0.475. The number of fused-ring (bicyclic) bond motifs is 2. The summed E-state index contributed by atoms with van der Waals surface area (Å²) in [6, 6.07) is 14.8. The van der Waals surface area contributed by atoms with E-state index in [1.165, 1.54) is 10.9 Å². The monoisotopic (exact) mass is 365 g/mol. The Kier molecular flexibility index (Phi) is 3.79. The zero-order chi connectivity index (χ0) is 19.1. The van der Waals surface area contributed by atoms with Crippen LogP contribution in [0.2, 0.25) is 0 Å². The number of hydrogen-bond donors (Lipinski definition) is 1. The molecular weight excluding hydrogens is 346 g/mol. The fraction of sp³-hybridized carbons (Fsp3) is 0.0870. The van der Waals surface area contributed by atoms with Crippen molar-refractivity contribution in [1.29, 1.82) is 0 Å². The normalized spacial score (nSPS) is 11.2. The standard InChI is InChI=1S/C23H19N5/c1-15-5-7-24-14-21(15)27-18-12-19(23-20(13-18)25-8-9-26-23)17-4-3-16-6-10-28(2)22(16)11-17/h3-14,27H,1-2H3. The second-order valence-corrected chi connectivity index (χ2v) is 6.96. The molecule has 0 fully saturated rings. The molecule has 5 nitrogen and oxygen atoms in total. The molecule has 5 heteroatoms. The minimum Gasteiger partial charge on any atom is -0.354 e. The molecule has 1 N–H and O–H groups in total. The average molecular weight is 365 g/mol. The first-order valence-corrected chi connectivity index (χ1v) is 9.17. The van der Waals surface area contributed by atoms with Crippen molar-refractivity contribution in [2.75, 3.05) is 5.32 Å². The first kappa shape index (κ1) is 16.4. The molecule has 0 unspecified atom stereocenters. The van der Waals surface area contributed by atoms with E-state index in [0.29, 0.717) is 0 Å². The van der Waals surface area contributed by atoms with Gasteiger partial charge >= 0.3 is 0 Å². The molecule has 0 aliphatic heterocycles. The van der Waals surface area contributed by atoms with Gasteiger partial charge in [0.2, 0.25) is 0 Å². The summed E-state index contributed by atoms with van der Waals surface area (Å²) in [5, 5.41) is 4.71. The van der Waals surface area contributed by atoms with E-state index in [9.17, 15) is 0 Å². The summed E-state index contributed by atoms with van der Waals surface area (Å²) in [6.07, 6.45) is 9.19. The molecule has 0 saturated heterocycles. The molecule has 28 heavy (non-hydrogen) atoms. The smallest absolute Gasteiger partial charge is 0.0966 e. The first-order chi connectivity index (χ1) is 13.7. The van der Waals surface area contributed by atoms with Gasteiger partial charge in [0, 0.05) is 48.6 Å². The lowest BCUT2D eigenvalue weighted by Crippen LogP contribution is -1.96. The van der Waals surface area contributed by atoms with Gasteiger partial charge in [0.25, 0.3) is 0 Å². The van der Waals surface area contributed by atoms with Gasteiger partial charge in [0.1, 0.15) is 0 Å². The lowest BCUT2D eigenvalue weighted by Gasteiger charge is -2.13. The van der Waals surface area contributed by atoms with Crippen molar-refractivity contribution < 1.29 is 0 Å². The van der Waals surface area contributed by atoms with Gasteiger partial charge in [-0.2, -0.15) is 0 Å². The maximum absolute atomic E-state index is 4.60. The third-order valence-electron chi connectivity index (χ3n) is 5.09. The van der Waals surface area contributed by atoms with Crippen LogP contribution in [-0.2, 0) is 7.05 Å². The molecule has 0 saturated carbocycles. The minimum absolute atomic E-state index is 0.857. The third kappa shape index (κ3) is 2.77. The molecule has 0 bridgehead atoms. The highest BCUT2D eigenvalue weighted by molar-refractivity contribution is 5.97. The number of aryl methyl sites for hydroxylation is 2. The number of anilines is 2. The number of aromatic nitrogens is 4. The Morgan fingerprint density at radius 1 is 0.929 bits per heavy atom. The van der Waals surface area contributed by atoms with Crippen LogP contribution in [0.25, 0.3) is 33.1 Å². The fourth-order valence-electron chi connectivity index (χ4n) is 3.55. The van der Waals surface area contributed by atoms with Crippen LogP contribution in [0.5, 0.6) is 0 Å². The summed E-state index contributed by atoms with van der Waals surface area (Å²) in [7, 11) is 2.06. The molecule has 0 radical (unpaired) electrons. The number of pyridine rings is 1. The topological polar surface area (TPSA) is 55.6 Å². The van der Waals surface area contributed by atoms with Gasteiger partial charge in [-0.15, -0.1) is 0 Å². The van der Waals surface area contributed by atoms with Crippen LogP contribution in [0.3, 0.4) is 0 Å². The van der Waals surface area contributed by atoms with Crippen molar-refractivity contribution in [3.8, 4) is 11.1 Å². The van der Waals surface area contributed by atoms with Gasteiger partial charge in [-0.1, -0.05) is 12.1 Å². The number of benzene rings is 2. The van der Waals surface area contributed by atoms with Crippen LogP contribution in [-0.4, -0.2) is 19.5 Å². The highest BCUT2D eigenvalue weighted by Crippen LogP contribution is 2.33. The summed E-state index contributed by atoms with van der Waals surface area (Å²) in [5.74, 6) is 0. The van der Waals surface area contributed by atoms with E-state index in [4.69, 9.17) is 0 Å². The second-order valence-electron chi connectivity index (χ2n) is 6.96. The van der Waals surface area contributed by atoms with Gasteiger partial charge in [-0.25, -0.2) is 0 Å². The summed E-state index contributed by atoms with van der Waals surface area (Å²) < 4.78 is 2.13. The van der Waals surface area contributed by atoms with Gasteiger partial charge < -0.3 is 9.88 Å². The van der Waals surface area contributed by atoms with Crippen LogP contribution in [0.4, 0.5) is 11.4 Å². The number of nitrogens with one attached hydrogen (secondary N) is 1. The van der Waals surface area contributed by atoms with E-state index in [0.717, 1.165) is 39.1 Å². The number of hydrogen-bond acceptors (Lipinski definition) is 4. The third-order valence-corrected chi connectivity index (χ3v) is 5.09. The maximum atomic E-state index is 4.60. The Labute approximate surface area is 162 Å². The minimum atomic E-state index is 0.857. The lowest BCUT2D eigenvalue weighted by atomic mass is 10.0. The van der Waals surface area contributed by atoms with Crippen molar-refractivity contribution in [3.63, 3.8) is 0 Å². The van der Waals surface area contributed by atoms with Gasteiger partial charge in [-0.3, -0.25) is 15.0 Å². The summed E-state index contributed by atoms with van der Waals surface area (Å²) in [5.41, 5.74) is 8.20. The molecule has 0 spiro atoms. The second kappa shape index (κ2) is 6.46. The van der Waals surface area contributed by atoms with Crippen molar-refractivity contribution in [3.05, 3.63) is 79.0 Å². The van der Waals surface area contributed by atoms with Gasteiger partial charge in [-0.05, 0) is 53.8 Å². The predicted octanol–water partition coefficient (Wildman–Crippen LogP) is 5.24. The molecule has 0 aliphatic carbocycles. The lowest BCUT2D eigenvalue weighted by molar-refractivity contribution is 0.969. The Morgan fingerprint density at radius 3 is 2.71 bits per heavy atom. The van der Waals surface area contributed by atoms with E-state index >= 15 is 0 Å². The molecule has 5 rings (SSSR count). The molecule has 3 aromatic heterocycles. The van der Waals surface area contributed by atoms with Gasteiger partial charge in [0.15, 0.2) is 0 Å². The van der Waals surface area contributed by atoms with Crippen molar-refractivity contribution in [2.45, 2.75) is 6.92 Å². The van der Waals surface area contributed by atoms with Crippen LogP contribution in [0.1, 0.15) is 5.56 Å². The molecule has 5 aromatic rings. The Hall–Kier alpha value is -3.73. The highest BCUT2D eigenvalue weighted by Gasteiger charge is 2.11. The van der Waals surface area contributed by atoms with E-state index in [2.05, 4.69) is 75.3 Å². The average Bonchev–Trinajstić information content (AvgIpc) is 3.09. The summed E-state index contributed by atoms with van der Waals surface area (Å²) in [6.45, 7) is 2.06. The first-order valence-electron chi connectivity index (χ1n) is 9.17. The molecule has 0 atom stereocenters. The Bertz CT molecular complexity index is 1320. The van der Waals surface area contributed by atoms with Crippen LogP contribution >= 0.6 is 0 Å². The largest absolute Gasteiger partial charge is 0.354 e. The molecule has 0 amide bonds. The summed E-state index contributed by atoms with van der Waals surface area (Å²) in [4.78, 5) is 13.4. The zero-order valence-electron chi connectivity index (χ0n) is 15.7. The van der Waals surface area contributed by atoms with Crippen molar-refractivity contribution in [2.24, 2.45) is 7.05 Å². The molecular formula is C23H19N5. The van der Waals surface area contributed by atoms with E-state index in [1.807, 2.05) is 18.3 Å². The van der Waals surface area contributed by atoms with E-state index in [-0.39, 0.29) is 0 Å². The van der Waals surface area contributed by atoms with Crippen molar-refractivity contribution in [1.82, 2.24) is 19.5 Å². The van der Waals surface area contributed by atoms with Crippen LogP contribution < -0.4 is 5.32 Å². The SMILES string of the molecule is Cc1ccncc1Nc1cc(-c2ccc3ccn(C)c3c2)c2nccnc2c1. The van der Waals surface area contributed by atoms with Crippen LogP contribution in [0, 0.1) is 6.92 Å². The van der Waals surface area contributed by atoms with E-state index in [1.54, 1.807) is 18.6 Å². The molecule has 3 heterocycles. The summed E-state index contributed by atoms with van der Waals surface area (Å²) >= 11 is 0. The fourth-order valence-corrected chi connectivity index (χ4v) is 3.55. The zero-order valence-corrected chi connectivity index (χ0v) is 15.7. The highest BCUT2D eigenvalue weighted by atomic mass is 14.9.